The van der Waals surface area contributed by atoms with Gasteiger partial charge in [0.15, 0.2) is 5.92 Å². The van der Waals surface area contributed by atoms with Crippen molar-refractivity contribution in [2.24, 2.45) is 5.92 Å². The van der Waals surface area contributed by atoms with Gasteiger partial charge >= 0.3 is 12.1 Å². The van der Waals surface area contributed by atoms with Crippen LogP contribution in [0.25, 0.3) is 10.2 Å². The lowest BCUT2D eigenvalue weighted by Gasteiger charge is -2.15. The molecule has 102 valence electrons. The average molecular weight is 289 g/mol. The fourth-order valence-electron chi connectivity index (χ4n) is 1.79. The zero-order chi connectivity index (χ0) is 14.0. The van der Waals surface area contributed by atoms with E-state index in [0.29, 0.717) is 5.56 Å². The van der Waals surface area contributed by atoms with Crippen LogP contribution in [0.15, 0.2) is 23.7 Å². The number of halogens is 3. The molecule has 1 atom stereocenters. The summed E-state index contributed by atoms with van der Waals surface area (Å²) in [4.78, 5) is 14.7. The maximum Gasteiger partial charge on any atom is 0.402 e. The second kappa shape index (κ2) is 5.16. The summed E-state index contributed by atoms with van der Waals surface area (Å²) in [5.41, 5.74) is 3.14. The van der Waals surface area contributed by atoms with Crippen LogP contribution >= 0.6 is 11.3 Å². The molecule has 0 saturated carbocycles. The smallest absolute Gasteiger partial charge is 0.402 e. The number of hydrogen-bond acceptors (Lipinski definition) is 3. The fourth-order valence-corrected chi connectivity index (χ4v) is 2.53. The van der Waals surface area contributed by atoms with Crippen LogP contribution in [0.2, 0.25) is 0 Å². The van der Waals surface area contributed by atoms with Crippen molar-refractivity contribution in [3.05, 3.63) is 29.3 Å². The molecule has 7 heteroatoms. The molecule has 19 heavy (non-hydrogen) atoms. The Morgan fingerprint density at radius 2 is 2.16 bits per heavy atom. The molecule has 0 spiro atoms. The highest BCUT2D eigenvalue weighted by Gasteiger charge is 2.44. The van der Waals surface area contributed by atoms with Crippen LogP contribution in [0.3, 0.4) is 0 Å². The van der Waals surface area contributed by atoms with E-state index in [-0.39, 0.29) is 6.42 Å². The molecular formula is C12H10F3NO2S. The SMILES string of the molecule is O=C(O)C(CCc1ccc2ncsc2c1)C(F)(F)F. The molecule has 0 aliphatic carbocycles. The first-order chi connectivity index (χ1) is 8.88. The number of fused-ring (bicyclic) bond motifs is 1. The number of rotatable bonds is 4. The van der Waals surface area contributed by atoms with E-state index >= 15 is 0 Å². The average Bonchev–Trinajstić information content (AvgIpc) is 2.73. The Morgan fingerprint density at radius 1 is 1.42 bits per heavy atom. The van der Waals surface area contributed by atoms with E-state index in [2.05, 4.69) is 4.98 Å². The third-order valence-electron chi connectivity index (χ3n) is 2.81. The van der Waals surface area contributed by atoms with Crippen molar-refractivity contribution in [3.63, 3.8) is 0 Å². The Hall–Kier alpha value is -1.63. The normalized spacial score (nSPS) is 13.6. The van der Waals surface area contributed by atoms with Gasteiger partial charge in [0.2, 0.25) is 0 Å². The molecule has 1 aromatic heterocycles. The first-order valence-corrected chi connectivity index (χ1v) is 6.37. The molecular weight excluding hydrogens is 279 g/mol. The quantitative estimate of drug-likeness (QED) is 0.937. The van der Waals surface area contributed by atoms with Crippen molar-refractivity contribution in [1.29, 1.82) is 0 Å². The Morgan fingerprint density at radius 3 is 2.79 bits per heavy atom. The Bertz CT molecular complexity index is 594. The van der Waals surface area contributed by atoms with Crippen LogP contribution in [-0.2, 0) is 11.2 Å². The molecule has 2 aromatic rings. The van der Waals surface area contributed by atoms with Crippen LogP contribution in [0.4, 0.5) is 13.2 Å². The summed E-state index contributed by atoms with van der Waals surface area (Å²) in [5, 5.41) is 8.60. The van der Waals surface area contributed by atoms with E-state index in [1.54, 1.807) is 23.7 Å². The van der Waals surface area contributed by atoms with Crippen molar-refractivity contribution >= 4 is 27.5 Å². The van der Waals surface area contributed by atoms with E-state index in [4.69, 9.17) is 5.11 Å². The second-order valence-corrected chi connectivity index (χ2v) is 5.01. The van der Waals surface area contributed by atoms with Crippen LogP contribution in [0.5, 0.6) is 0 Å². The van der Waals surface area contributed by atoms with E-state index in [0.717, 1.165) is 10.2 Å². The van der Waals surface area contributed by atoms with Gasteiger partial charge in [-0.2, -0.15) is 13.2 Å². The molecule has 1 aromatic carbocycles. The van der Waals surface area contributed by atoms with Gasteiger partial charge in [0, 0.05) is 0 Å². The van der Waals surface area contributed by atoms with Crippen LogP contribution < -0.4 is 0 Å². The summed E-state index contributed by atoms with van der Waals surface area (Å²) in [6.45, 7) is 0. The minimum atomic E-state index is -4.71. The van der Waals surface area contributed by atoms with E-state index in [1.807, 2.05) is 0 Å². The Labute approximate surface area is 110 Å². The molecule has 0 amide bonds. The molecule has 0 radical (unpaired) electrons. The van der Waals surface area contributed by atoms with Crippen molar-refractivity contribution in [1.82, 2.24) is 4.98 Å². The topological polar surface area (TPSA) is 50.2 Å². The molecule has 0 saturated heterocycles. The van der Waals surface area contributed by atoms with Gasteiger partial charge in [-0.25, -0.2) is 4.98 Å². The third kappa shape index (κ3) is 3.23. The number of hydrogen-bond donors (Lipinski definition) is 1. The number of aromatic nitrogens is 1. The molecule has 1 unspecified atom stereocenters. The molecule has 2 rings (SSSR count). The summed E-state index contributed by atoms with van der Waals surface area (Å²) in [7, 11) is 0. The van der Waals surface area contributed by atoms with Crippen molar-refractivity contribution in [3.8, 4) is 0 Å². The van der Waals surface area contributed by atoms with Gasteiger partial charge in [-0.1, -0.05) is 6.07 Å². The van der Waals surface area contributed by atoms with Gasteiger partial charge in [0.05, 0.1) is 15.7 Å². The number of carbonyl (C=O) groups is 1. The van der Waals surface area contributed by atoms with Gasteiger partial charge in [-0.15, -0.1) is 11.3 Å². The highest BCUT2D eigenvalue weighted by Crippen LogP contribution is 2.30. The largest absolute Gasteiger partial charge is 0.481 e. The number of aliphatic carboxylic acids is 1. The maximum absolute atomic E-state index is 12.5. The zero-order valence-electron chi connectivity index (χ0n) is 9.65. The highest BCUT2D eigenvalue weighted by atomic mass is 32.1. The van der Waals surface area contributed by atoms with E-state index in [9.17, 15) is 18.0 Å². The first-order valence-electron chi connectivity index (χ1n) is 5.49. The summed E-state index contributed by atoms with van der Waals surface area (Å²) in [6.07, 6.45) is -5.09. The van der Waals surface area contributed by atoms with Gasteiger partial charge in [0.25, 0.3) is 0 Å². The van der Waals surface area contributed by atoms with Crippen molar-refractivity contribution in [2.45, 2.75) is 19.0 Å². The number of aryl methyl sites for hydroxylation is 1. The third-order valence-corrected chi connectivity index (χ3v) is 3.60. The molecule has 0 aliphatic rings. The summed E-state index contributed by atoms with van der Waals surface area (Å²) >= 11 is 1.40. The van der Waals surface area contributed by atoms with Gasteiger partial charge in [-0.05, 0) is 30.5 Å². The number of carboxylic acid groups (broad SMARTS) is 1. The van der Waals surface area contributed by atoms with Crippen molar-refractivity contribution in [2.75, 3.05) is 0 Å². The number of carboxylic acids is 1. The van der Waals surface area contributed by atoms with Gasteiger partial charge in [0.1, 0.15) is 0 Å². The number of benzene rings is 1. The zero-order valence-corrected chi connectivity index (χ0v) is 10.5. The Balaban J connectivity index is 2.10. The summed E-state index contributed by atoms with van der Waals surface area (Å²) in [5.74, 6) is -4.14. The summed E-state index contributed by atoms with van der Waals surface area (Å²) < 4.78 is 38.4. The maximum atomic E-state index is 12.5. The monoisotopic (exact) mass is 289 g/mol. The molecule has 1 N–H and O–H groups in total. The van der Waals surface area contributed by atoms with Crippen LogP contribution in [0, 0.1) is 5.92 Å². The second-order valence-electron chi connectivity index (χ2n) is 4.13. The summed E-state index contributed by atoms with van der Waals surface area (Å²) in [6, 6.07) is 5.16. The lowest BCUT2D eigenvalue weighted by Crippen LogP contribution is -2.30. The minimum Gasteiger partial charge on any atom is -0.481 e. The van der Waals surface area contributed by atoms with Crippen LogP contribution in [0.1, 0.15) is 12.0 Å². The Kier molecular flexibility index (Phi) is 3.75. The van der Waals surface area contributed by atoms with Gasteiger partial charge in [-0.3, -0.25) is 4.79 Å². The molecule has 0 fully saturated rings. The fraction of sp³-hybridized carbons (Fsp3) is 0.333. The lowest BCUT2D eigenvalue weighted by molar-refractivity contribution is -0.194. The molecule has 0 aliphatic heterocycles. The first kappa shape index (κ1) is 13.8. The van der Waals surface area contributed by atoms with Crippen molar-refractivity contribution < 1.29 is 23.1 Å². The number of alkyl halides is 3. The molecule has 1 heterocycles. The number of nitrogens with zero attached hydrogens (tertiary/aromatic N) is 1. The predicted octanol–water partition coefficient (Wildman–Crippen LogP) is 3.49. The van der Waals surface area contributed by atoms with E-state index < -0.39 is 24.5 Å². The lowest BCUT2D eigenvalue weighted by atomic mass is 9.99. The standard InChI is InChI=1S/C12H10F3NO2S/c13-12(14,15)8(11(17)18)3-1-7-2-4-9-10(5-7)19-6-16-9/h2,4-6,8H,1,3H2,(H,17,18). The minimum absolute atomic E-state index is 0.0737. The predicted molar refractivity (Wildman–Crippen MR) is 65.1 cm³/mol. The number of thiazole rings is 1. The highest BCUT2D eigenvalue weighted by molar-refractivity contribution is 7.16. The van der Waals surface area contributed by atoms with Gasteiger partial charge < -0.3 is 5.11 Å². The molecule has 0 bridgehead atoms. The molecule has 3 nitrogen and oxygen atoms in total. The van der Waals surface area contributed by atoms with Crippen LogP contribution in [-0.4, -0.2) is 22.2 Å². The van der Waals surface area contributed by atoms with E-state index in [1.165, 1.54) is 11.3 Å².